The van der Waals surface area contributed by atoms with Gasteiger partial charge in [-0.25, -0.2) is 9.78 Å². The molecule has 13 heavy (non-hydrogen) atoms. The Hall–Kier alpha value is -1.10. The van der Waals surface area contributed by atoms with Crippen LogP contribution in [0.2, 0.25) is 0 Å². The first-order valence-corrected chi connectivity index (χ1v) is 4.53. The van der Waals surface area contributed by atoms with E-state index in [9.17, 15) is 4.79 Å². The summed E-state index contributed by atoms with van der Waals surface area (Å²) >= 11 is 3.23. The Morgan fingerprint density at radius 1 is 1.62 bits per heavy atom. The predicted molar refractivity (Wildman–Crippen MR) is 54.8 cm³/mol. The number of nitrogens with one attached hydrogen (secondary N) is 2. The van der Waals surface area contributed by atoms with Crippen molar-refractivity contribution >= 4 is 27.6 Å². The van der Waals surface area contributed by atoms with E-state index in [0.29, 0.717) is 4.60 Å². The van der Waals surface area contributed by atoms with Gasteiger partial charge in [-0.15, -0.1) is 0 Å². The molecule has 0 saturated carbocycles. The number of halogens is 1. The summed E-state index contributed by atoms with van der Waals surface area (Å²) in [6.45, 7) is 1.88. The maximum Gasteiger partial charge on any atom is 0.318 e. The molecule has 1 rings (SSSR count). The lowest BCUT2D eigenvalue weighted by Gasteiger charge is -2.07. The van der Waals surface area contributed by atoms with Gasteiger partial charge in [-0.2, -0.15) is 0 Å². The highest BCUT2D eigenvalue weighted by Gasteiger charge is 2.02. The molecule has 1 aromatic heterocycles. The molecule has 1 heterocycles. The van der Waals surface area contributed by atoms with E-state index < -0.39 is 0 Å². The highest BCUT2D eigenvalue weighted by Crippen LogP contribution is 2.17. The van der Waals surface area contributed by atoms with Crippen molar-refractivity contribution in [2.24, 2.45) is 0 Å². The second-order valence-corrected chi connectivity index (χ2v) is 3.34. The van der Waals surface area contributed by atoms with Crippen LogP contribution in [0.1, 0.15) is 5.56 Å². The second kappa shape index (κ2) is 4.23. The van der Waals surface area contributed by atoms with E-state index in [1.54, 1.807) is 19.3 Å². The standard InChI is InChI=1S/C8H10BrN3O/c1-5-4-11-7(9)3-6(5)12-8(13)10-2/h3-4H,1-2H3,(H2,10,11,12,13). The third kappa shape index (κ3) is 2.69. The Morgan fingerprint density at radius 2 is 2.31 bits per heavy atom. The molecule has 0 radical (unpaired) electrons. The molecule has 0 aromatic carbocycles. The van der Waals surface area contributed by atoms with Crippen LogP contribution < -0.4 is 10.6 Å². The van der Waals surface area contributed by atoms with E-state index in [-0.39, 0.29) is 6.03 Å². The van der Waals surface area contributed by atoms with Crippen molar-refractivity contribution in [1.29, 1.82) is 0 Å². The summed E-state index contributed by atoms with van der Waals surface area (Å²) in [7, 11) is 1.57. The number of pyridine rings is 1. The van der Waals surface area contributed by atoms with Crippen LogP contribution in [0.25, 0.3) is 0 Å². The summed E-state index contributed by atoms with van der Waals surface area (Å²) in [5.74, 6) is 0. The van der Waals surface area contributed by atoms with Gasteiger partial charge in [0, 0.05) is 18.9 Å². The summed E-state index contributed by atoms with van der Waals surface area (Å²) in [4.78, 5) is 15.0. The van der Waals surface area contributed by atoms with Crippen LogP contribution >= 0.6 is 15.9 Å². The van der Waals surface area contributed by atoms with E-state index in [1.165, 1.54) is 0 Å². The molecule has 0 unspecified atom stereocenters. The summed E-state index contributed by atoms with van der Waals surface area (Å²) in [6.07, 6.45) is 1.69. The molecule has 0 aliphatic carbocycles. The van der Waals surface area contributed by atoms with E-state index in [0.717, 1.165) is 11.3 Å². The molecule has 0 spiro atoms. The SMILES string of the molecule is CNC(=O)Nc1cc(Br)ncc1C. The van der Waals surface area contributed by atoms with Gasteiger partial charge >= 0.3 is 6.03 Å². The normalized spacial score (nSPS) is 9.46. The fourth-order valence-electron chi connectivity index (χ4n) is 0.818. The first-order valence-electron chi connectivity index (χ1n) is 3.74. The van der Waals surface area contributed by atoms with Gasteiger partial charge in [-0.05, 0) is 34.5 Å². The van der Waals surface area contributed by atoms with Crippen molar-refractivity contribution < 1.29 is 4.79 Å². The molecule has 2 amide bonds. The van der Waals surface area contributed by atoms with Gasteiger partial charge in [0.15, 0.2) is 0 Å². The molecule has 0 bridgehead atoms. The number of carbonyl (C=O) groups excluding carboxylic acids is 1. The molecule has 0 aliphatic heterocycles. The zero-order valence-electron chi connectivity index (χ0n) is 7.39. The number of nitrogens with zero attached hydrogens (tertiary/aromatic N) is 1. The van der Waals surface area contributed by atoms with Gasteiger partial charge in [0.1, 0.15) is 4.60 Å². The number of carbonyl (C=O) groups is 1. The van der Waals surface area contributed by atoms with Crippen molar-refractivity contribution in [1.82, 2.24) is 10.3 Å². The van der Waals surface area contributed by atoms with Crippen molar-refractivity contribution in [3.63, 3.8) is 0 Å². The molecule has 2 N–H and O–H groups in total. The third-order valence-corrected chi connectivity index (χ3v) is 1.98. The minimum atomic E-state index is -0.235. The summed E-state index contributed by atoms with van der Waals surface area (Å²) in [5.41, 5.74) is 1.67. The summed E-state index contributed by atoms with van der Waals surface area (Å²) in [5, 5.41) is 5.16. The van der Waals surface area contributed by atoms with Crippen LogP contribution in [0.5, 0.6) is 0 Å². The topological polar surface area (TPSA) is 54.0 Å². The highest BCUT2D eigenvalue weighted by molar-refractivity contribution is 9.10. The molecule has 0 saturated heterocycles. The lowest BCUT2D eigenvalue weighted by molar-refractivity contribution is 0.254. The first kappa shape index (κ1) is 9.98. The molecule has 1 aromatic rings. The summed E-state index contributed by atoms with van der Waals surface area (Å²) in [6, 6.07) is 1.52. The number of aryl methyl sites for hydroxylation is 1. The average Bonchev–Trinajstić information content (AvgIpc) is 2.11. The number of aromatic nitrogens is 1. The van der Waals surface area contributed by atoms with Crippen LogP contribution in [-0.2, 0) is 0 Å². The average molecular weight is 244 g/mol. The quantitative estimate of drug-likeness (QED) is 0.741. The van der Waals surface area contributed by atoms with Crippen molar-refractivity contribution in [2.75, 3.05) is 12.4 Å². The maximum absolute atomic E-state index is 11.0. The zero-order chi connectivity index (χ0) is 9.84. The summed E-state index contributed by atoms with van der Waals surface area (Å²) < 4.78 is 0.699. The molecule has 0 fully saturated rings. The van der Waals surface area contributed by atoms with Crippen LogP contribution in [0.3, 0.4) is 0 Å². The minimum absolute atomic E-state index is 0.235. The number of rotatable bonds is 1. The lowest BCUT2D eigenvalue weighted by atomic mass is 10.2. The number of amides is 2. The van der Waals surface area contributed by atoms with Crippen LogP contribution in [0.15, 0.2) is 16.9 Å². The van der Waals surface area contributed by atoms with Crippen molar-refractivity contribution in [3.05, 3.63) is 22.4 Å². The van der Waals surface area contributed by atoms with Gasteiger partial charge in [0.2, 0.25) is 0 Å². The Balaban J connectivity index is 2.87. The van der Waals surface area contributed by atoms with E-state index in [2.05, 4.69) is 31.5 Å². The van der Waals surface area contributed by atoms with Crippen LogP contribution in [0, 0.1) is 6.92 Å². The van der Waals surface area contributed by atoms with Gasteiger partial charge in [-0.1, -0.05) is 0 Å². The van der Waals surface area contributed by atoms with E-state index >= 15 is 0 Å². The fraction of sp³-hybridized carbons (Fsp3) is 0.250. The highest BCUT2D eigenvalue weighted by atomic mass is 79.9. The Morgan fingerprint density at radius 3 is 2.92 bits per heavy atom. The molecule has 5 heteroatoms. The fourth-order valence-corrected chi connectivity index (χ4v) is 1.15. The zero-order valence-corrected chi connectivity index (χ0v) is 8.97. The number of urea groups is 1. The first-order chi connectivity index (χ1) is 6.13. The number of hydrogen-bond acceptors (Lipinski definition) is 2. The largest absolute Gasteiger partial charge is 0.341 e. The molecule has 4 nitrogen and oxygen atoms in total. The second-order valence-electron chi connectivity index (χ2n) is 2.53. The smallest absolute Gasteiger partial charge is 0.318 e. The number of anilines is 1. The van der Waals surface area contributed by atoms with E-state index in [1.807, 2.05) is 6.92 Å². The minimum Gasteiger partial charge on any atom is -0.341 e. The van der Waals surface area contributed by atoms with Crippen LogP contribution in [0.4, 0.5) is 10.5 Å². The van der Waals surface area contributed by atoms with E-state index in [4.69, 9.17) is 0 Å². The molecule has 0 aliphatic rings. The monoisotopic (exact) mass is 243 g/mol. The van der Waals surface area contributed by atoms with Gasteiger partial charge in [0.05, 0.1) is 0 Å². The molecule has 0 atom stereocenters. The Bertz CT molecular complexity index is 327. The molecular formula is C8H10BrN3O. The van der Waals surface area contributed by atoms with Gasteiger partial charge in [0.25, 0.3) is 0 Å². The Kier molecular flexibility index (Phi) is 3.25. The number of hydrogen-bond donors (Lipinski definition) is 2. The van der Waals surface area contributed by atoms with Crippen LogP contribution in [-0.4, -0.2) is 18.1 Å². The molecular weight excluding hydrogens is 234 g/mol. The lowest BCUT2D eigenvalue weighted by Crippen LogP contribution is -2.24. The van der Waals surface area contributed by atoms with Gasteiger partial charge in [-0.3, -0.25) is 0 Å². The van der Waals surface area contributed by atoms with Crippen molar-refractivity contribution in [3.8, 4) is 0 Å². The van der Waals surface area contributed by atoms with Crippen molar-refractivity contribution in [2.45, 2.75) is 6.92 Å². The maximum atomic E-state index is 11.0. The van der Waals surface area contributed by atoms with Gasteiger partial charge < -0.3 is 10.6 Å². The molecule has 70 valence electrons. The third-order valence-electron chi connectivity index (χ3n) is 1.55. The predicted octanol–water partition coefficient (Wildman–Crippen LogP) is 1.90. The Labute approximate surface area is 84.9 Å².